The monoisotopic (exact) mass is 408 g/mol. The van der Waals surface area contributed by atoms with Crippen LogP contribution < -0.4 is 10.7 Å². The molecule has 0 spiro atoms. The zero-order valence-electron chi connectivity index (χ0n) is 16.8. The average Bonchev–Trinajstić information content (AvgIpc) is 3.09. The van der Waals surface area contributed by atoms with Gasteiger partial charge in [0, 0.05) is 22.0 Å². The quantitative estimate of drug-likeness (QED) is 0.467. The molecule has 1 aromatic heterocycles. The van der Waals surface area contributed by atoms with Gasteiger partial charge in [0.2, 0.25) is 0 Å². The number of H-pyrrole nitrogens is 1. The largest absolute Gasteiger partial charge is 0.354 e. The van der Waals surface area contributed by atoms with Gasteiger partial charge in [-0.25, -0.2) is 5.43 Å². The zero-order chi connectivity index (χ0) is 21.4. The minimum absolute atomic E-state index is 0.167. The van der Waals surface area contributed by atoms with Gasteiger partial charge in [-0.1, -0.05) is 60.7 Å². The standard InChI is InChI=1S/C25H20N4O2/c1-15(16-8-4-2-5-9-16)27-24(30)18-12-19-22-20(14-26-29-25(19)31)23(28-21(22)13-18)17-10-6-3-7-11-17/h2-15,28H,1H3,(H,27,30)(H,29,31)/t15-/m0/s1. The predicted octanol–water partition coefficient (Wildman–Crippen LogP) is 4.40. The summed E-state index contributed by atoms with van der Waals surface area (Å²) in [7, 11) is 0. The third-order valence-corrected chi connectivity index (χ3v) is 5.51. The number of carbonyl (C=O) groups is 2. The lowest BCUT2D eigenvalue weighted by atomic mass is 9.99. The number of nitrogens with zero attached hydrogens (tertiary/aromatic N) is 1. The fourth-order valence-electron chi connectivity index (χ4n) is 3.95. The molecule has 0 unspecified atom stereocenters. The smallest absolute Gasteiger partial charge is 0.272 e. The van der Waals surface area contributed by atoms with E-state index < -0.39 is 0 Å². The number of aromatic amines is 1. The van der Waals surface area contributed by atoms with Crippen LogP contribution in [0, 0.1) is 0 Å². The highest BCUT2D eigenvalue weighted by Gasteiger charge is 2.23. The molecule has 6 nitrogen and oxygen atoms in total. The molecule has 2 heterocycles. The second-order valence-electron chi connectivity index (χ2n) is 7.53. The number of rotatable bonds is 4. The Morgan fingerprint density at radius 2 is 1.71 bits per heavy atom. The van der Waals surface area contributed by atoms with E-state index in [4.69, 9.17) is 0 Å². The van der Waals surface area contributed by atoms with Gasteiger partial charge in [0.15, 0.2) is 0 Å². The molecule has 0 fully saturated rings. The van der Waals surface area contributed by atoms with Gasteiger partial charge >= 0.3 is 0 Å². The fraction of sp³-hybridized carbons (Fsp3) is 0.0800. The summed E-state index contributed by atoms with van der Waals surface area (Å²) >= 11 is 0. The number of benzene rings is 3. The lowest BCUT2D eigenvalue weighted by Gasteiger charge is -2.15. The van der Waals surface area contributed by atoms with Crippen LogP contribution in [0.15, 0.2) is 77.9 Å². The summed E-state index contributed by atoms with van der Waals surface area (Å²) in [6.07, 6.45) is 1.65. The van der Waals surface area contributed by atoms with Gasteiger partial charge in [-0.15, -0.1) is 0 Å². The van der Waals surface area contributed by atoms with Crippen LogP contribution in [0.5, 0.6) is 0 Å². The Bertz CT molecular complexity index is 1320. The first-order valence-electron chi connectivity index (χ1n) is 10.1. The minimum atomic E-state index is -0.343. The molecule has 2 amide bonds. The normalized spacial score (nSPS) is 13.5. The van der Waals surface area contributed by atoms with Crippen molar-refractivity contribution < 1.29 is 9.59 Å². The Kier molecular flexibility index (Phi) is 4.59. The van der Waals surface area contributed by atoms with Gasteiger partial charge in [0.25, 0.3) is 11.8 Å². The first-order chi connectivity index (χ1) is 15.1. The second-order valence-corrected chi connectivity index (χ2v) is 7.53. The summed E-state index contributed by atoms with van der Waals surface area (Å²) in [5.41, 5.74) is 7.74. The molecule has 0 saturated carbocycles. The lowest BCUT2D eigenvalue weighted by molar-refractivity contribution is 0.0940. The van der Waals surface area contributed by atoms with Crippen molar-refractivity contribution in [2.45, 2.75) is 13.0 Å². The summed E-state index contributed by atoms with van der Waals surface area (Å²) in [4.78, 5) is 29.1. The second kappa shape index (κ2) is 7.57. The Morgan fingerprint density at radius 1 is 1.00 bits per heavy atom. The van der Waals surface area contributed by atoms with Crippen molar-refractivity contribution in [2.75, 3.05) is 0 Å². The fourth-order valence-corrected chi connectivity index (χ4v) is 3.95. The molecule has 3 N–H and O–H groups in total. The predicted molar refractivity (Wildman–Crippen MR) is 121 cm³/mol. The highest BCUT2D eigenvalue weighted by atomic mass is 16.2. The SMILES string of the molecule is C[C@H](NC(=O)c1cc2c3c(c(-c4ccccc4)[nH]c3c1)C=NNC2=O)c1ccccc1. The lowest BCUT2D eigenvalue weighted by Crippen LogP contribution is -2.27. The molecular formula is C25H20N4O2. The molecule has 4 aromatic rings. The molecule has 6 heteroatoms. The molecule has 1 aliphatic heterocycles. The topological polar surface area (TPSA) is 86.3 Å². The summed E-state index contributed by atoms with van der Waals surface area (Å²) in [5, 5.41) is 7.84. The van der Waals surface area contributed by atoms with Crippen LogP contribution >= 0.6 is 0 Å². The molecule has 0 bridgehead atoms. The number of hydrazone groups is 1. The number of nitrogens with one attached hydrogen (secondary N) is 3. The third-order valence-electron chi connectivity index (χ3n) is 5.51. The van der Waals surface area contributed by atoms with Gasteiger partial charge in [-0.2, -0.15) is 5.10 Å². The number of hydrogen-bond acceptors (Lipinski definition) is 3. The number of hydrogen-bond donors (Lipinski definition) is 3. The van der Waals surface area contributed by atoms with Crippen molar-refractivity contribution in [3.8, 4) is 11.3 Å². The molecule has 3 aromatic carbocycles. The van der Waals surface area contributed by atoms with E-state index in [1.54, 1.807) is 18.3 Å². The van der Waals surface area contributed by atoms with Crippen molar-refractivity contribution in [2.24, 2.45) is 5.10 Å². The van der Waals surface area contributed by atoms with Gasteiger partial charge in [0.1, 0.15) is 0 Å². The first-order valence-corrected chi connectivity index (χ1v) is 10.1. The maximum atomic E-state index is 13.0. The molecular weight excluding hydrogens is 388 g/mol. The van der Waals surface area contributed by atoms with Crippen molar-refractivity contribution >= 4 is 28.9 Å². The van der Waals surface area contributed by atoms with E-state index in [0.29, 0.717) is 16.6 Å². The van der Waals surface area contributed by atoms with Gasteiger partial charge in [-0.3, -0.25) is 9.59 Å². The van der Waals surface area contributed by atoms with Crippen molar-refractivity contribution in [3.63, 3.8) is 0 Å². The van der Waals surface area contributed by atoms with Crippen LogP contribution in [-0.2, 0) is 0 Å². The average molecular weight is 408 g/mol. The van der Waals surface area contributed by atoms with Crippen LogP contribution in [-0.4, -0.2) is 23.0 Å². The first kappa shape index (κ1) is 18.8. The Labute approximate surface area is 179 Å². The van der Waals surface area contributed by atoms with Crippen molar-refractivity contribution in [1.29, 1.82) is 0 Å². The van der Waals surface area contributed by atoms with Crippen LogP contribution in [0.3, 0.4) is 0 Å². The molecule has 1 atom stereocenters. The molecule has 0 aliphatic carbocycles. The van der Waals surface area contributed by atoms with Crippen molar-refractivity contribution in [3.05, 3.63) is 95.1 Å². The van der Waals surface area contributed by atoms with E-state index in [0.717, 1.165) is 27.8 Å². The van der Waals surface area contributed by atoms with Crippen LogP contribution in [0.25, 0.3) is 22.2 Å². The van der Waals surface area contributed by atoms with E-state index in [1.165, 1.54) is 0 Å². The molecule has 1 aliphatic rings. The number of aromatic nitrogens is 1. The highest BCUT2D eigenvalue weighted by molar-refractivity contribution is 6.18. The molecule has 152 valence electrons. The molecule has 0 radical (unpaired) electrons. The Balaban J connectivity index is 1.59. The Hall–Kier alpha value is -4.19. The zero-order valence-corrected chi connectivity index (χ0v) is 16.8. The van der Waals surface area contributed by atoms with E-state index in [-0.39, 0.29) is 17.9 Å². The Morgan fingerprint density at radius 3 is 2.45 bits per heavy atom. The maximum Gasteiger partial charge on any atom is 0.272 e. The van der Waals surface area contributed by atoms with E-state index >= 15 is 0 Å². The third kappa shape index (κ3) is 3.38. The summed E-state index contributed by atoms with van der Waals surface area (Å²) < 4.78 is 0. The number of carbonyl (C=O) groups excluding carboxylic acids is 2. The van der Waals surface area contributed by atoms with Crippen LogP contribution in [0.1, 0.15) is 44.8 Å². The minimum Gasteiger partial charge on any atom is -0.354 e. The highest BCUT2D eigenvalue weighted by Crippen LogP contribution is 2.33. The van der Waals surface area contributed by atoms with E-state index in [9.17, 15) is 9.59 Å². The van der Waals surface area contributed by atoms with Gasteiger partial charge in [0.05, 0.1) is 23.5 Å². The number of amides is 2. The van der Waals surface area contributed by atoms with Crippen molar-refractivity contribution in [1.82, 2.24) is 15.7 Å². The summed E-state index contributed by atoms with van der Waals surface area (Å²) in [6.45, 7) is 1.93. The maximum absolute atomic E-state index is 13.0. The summed E-state index contributed by atoms with van der Waals surface area (Å²) in [6, 6.07) is 22.8. The van der Waals surface area contributed by atoms with E-state index in [2.05, 4.69) is 20.8 Å². The molecule has 31 heavy (non-hydrogen) atoms. The van der Waals surface area contributed by atoms with Crippen LogP contribution in [0.2, 0.25) is 0 Å². The van der Waals surface area contributed by atoms with Gasteiger partial charge < -0.3 is 10.3 Å². The summed E-state index contributed by atoms with van der Waals surface area (Å²) in [5.74, 6) is -0.589. The van der Waals surface area contributed by atoms with E-state index in [1.807, 2.05) is 67.6 Å². The van der Waals surface area contributed by atoms with Crippen LogP contribution in [0.4, 0.5) is 0 Å². The molecule has 5 rings (SSSR count). The molecule has 0 saturated heterocycles. The van der Waals surface area contributed by atoms with Gasteiger partial charge in [-0.05, 0) is 30.2 Å².